The summed E-state index contributed by atoms with van der Waals surface area (Å²) in [5.41, 5.74) is -0.174. The Labute approximate surface area is 142 Å². The van der Waals surface area contributed by atoms with Crippen LogP contribution in [0.4, 0.5) is 13.2 Å². The van der Waals surface area contributed by atoms with Crippen molar-refractivity contribution in [3.63, 3.8) is 0 Å². The lowest BCUT2D eigenvalue weighted by molar-refractivity contribution is -0.137. The molecule has 8 heteroatoms. The van der Waals surface area contributed by atoms with E-state index in [4.69, 9.17) is 11.6 Å². The van der Waals surface area contributed by atoms with E-state index in [0.29, 0.717) is 12.1 Å². The van der Waals surface area contributed by atoms with Crippen LogP contribution in [-0.4, -0.2) is 21.3 Å². The molecule has 1 aliphatic rings. The molecule has 1 aliphatic carbocycles. The van der Waals surface area contributed by atoms with Crippen molar-refractivity contribution in [1.29, 1.82) is 0 Å². The number of halogens is 4. The summed E-state index contributed by atoms with van der Waals surface area (Å²) in [7, 11) is 0. The Morgan fingerprint density at radius 3 is 2.67 bits per heavy atom. The van der Waals surface area contributed by atoms with Crippen molar-refractivity contribution in [3.8, 4) is 0 Å². The van der Waals surface area contributed by atoms with E-state index in [0.717, 1.165) is 42.3 Å². The zero-order chi connectivity index (χ0) is 17.5. The van der Waals surface area contributed by atoms with Crippen molar-refractivity contribution in [2.75, 3.05) is 0 Å². The minimum absolute atomic E-state index is 0.0639. The van der Waals surface area contributed by atoms with E-state index < -0.39 is 17.6 Å². The van der Waals surface area contributed by atoms with Crippen LogP contribution in [0.15, 0.2) is 12.3 Å². The van der Waals surface area contributed by atoms with Gasteiger partial charge in [-0.1, -0.05) is 31.4 Å². The second-order valence-corrected chi connectivity index (χ2v) is 6.39. The summed E-state index contributed by atoms with van der Waals surface area (Å²) >= 11 is 5.97. The topological polar surface area (TPSA) is 46.4 Å². The molecule has 0 spiro atoms. The normalized spacial score (nSPS) is 16.0. The number of carbonyl (C=O) groups excluding carboxylic acids is 1. The lowest BCUT2D eigenvalue weighted by Gasteiger charge is -2.13. The molecule has 3 rings (SSSR count). The van der Waals surface area contributed by atoms with E-state index >= 15 is 0 Å². The summed E-state index contributed by atoms with van der Waals surface area (Å²) in [5.74, 6) is -0.401. The Hall–Kier alpha value is -1.76. The van der Waals surface area contributed by atoms with Crippen LogP contribution in [-0.2, 0) is 12.6 Å². The summed E-state index contributed by atoms with van der Waals surface area (Å²) in [6.07, 6.45) is 0.625. The predicted octanol–water partition coefficient (Wildman–Crippen LogP) is 4.24. The Morgan fingerprint density at radius 2 is 2.08 bits per heavy atom. The van der Waals surface area contributed by atoms with Crippen molar-refractivity contribution in [2.24, 2.45) is 0 Å². The van der Waals surface area contributed by atoms with Crippen molar-refractivity contribution in [2.45, 2.75) is 51.2 Å². The van der Waals surface area contributed by atoms with Crippen molar-refractivity contribution in [1.82, 2.24) is 14.7 Å². The average molecular weight is 360 g/mol. The second kappa shape index (κ2) is 6.27. The van der Waals surface area contributed by atoms with Crippen LogP contribution < -0.4 is 5.32 Å². The highest BCUT2D eigenvalue weighted by molar-refractivity contribution is 6.33. The van der Waals surface area contributed by atoms with Crippen molar-refractivity contribution >= 4 is 23.2 Å². The minimum atomic E-state index is -4.55. The number of carbonyl (C=O) groups is 1. The fraction of sp³-hybridized carbons (Fsp3) is 0.500. The molecule has 0 saturated heterocycles. The molecular formula is C16H17ClF3N3O. The molecule has 0 bridgehead atoms. The Balaban J connectivity index is 2.10. The summed E-state index contributed by atoms with van der Waals surface area (Å²) < 4.78 is 40.3. The fourth-order valence-electron chi connectivity index (χ4n) is 3.12. The van der Waals surface area contributed by atoms with Gasteiger partial charge in [-0.05, 0) is 25.3 Å². The maximum atomic E-state index is 13.1. The lowest BCUT2D eigenvalue weighted by atomic mass is 10.2. The first-order valence-electron chi connectivity index (χ1n) is 7.89. The molecule has 1 N–H and O–H groups in total. The van der Waals surface area contributed by atoms with E-state index in [1.165, 1.54) is 0 Å². The van der Waals surface area contributed by atoms with Gasteiger partial charge in [0.25, 0.3) is 5.91 Å². The Bertz CT molecular complexity index is 779. The number of pyridine rings is 1. The molecule has 1 amide bonds. The minimum Gasteiger partial charge on any atom is -0.348 e. The van der Waals surface area contributed by atoms with Gasteiger partial charge in [-0.2, -0.15) is 13.2 Å². The van der Waals surface area contributed by atoms with E-state index in [-0.39, 0.29) is 22.4 Å². The summed E-state index contributed by atoms with van der Waals surface area (Å²) in [6.45, 7) is 1.80. The molecule has 24 heavy (non-hydrogen) atoms. The number of alkyl halides is 3. The molecule has 4 nitrogen and oxygen atoms in total. The van der Waals surface area contributed by atoms with Gasteiger partial charge in [-0.15, -0.1) is 0 Å². The number of rotatable bonds is 3. The van der Waals surface area contributed by atoms with E-state index in [2.05, 4.69) is 10.3 Å². The third kappa shape index (κ3) is 3.09. The highest BCUT2D eigenvalue weighted by Crippen LogP contribution is 2.33. The van der Waals surface area contributed by atoms with Crippen LogP contribution in [0.1, 0.15) is 54.4 Å². The second-order valence-electron chi connectivity index (χ2n) is 5.98. The predicted molar refractivity (Wildman–Crippen MR) is 84.3 cm³/mol. The van der Waals surface area contributed by atoms with Gasteiger partial charge in [0, 0.05) is 12.2 Å². The third-order valence-electron chi connectivity index (χ3n) is 4.32. The maximum absolute atomic E-state index is 13.1. The first kappa shape index (κ1) is 17.1. The summed E-state index contributed by atoms with van der Waals surface area (Å²) in [5, 5.41) is 2.78. The molecule has 0 aromatic carbocycles. The van der Waals surface area contributed by atoms with Gasteiger partial charge in [0.1, 0.15) is 5.69 Å². The van der Waals surface area contributed by atoms with Crippen LogP contribution in [0.3, 0.4) is 0 Å². The molecule has 1 saturated carbocycles. The molecule has 2 aromatic rings. The van der Waals surface area contributed by atoms with Gasteiger partial charge >= 0.3 is 6.18 Å². The summed E-state index contributed by atoms with van der Waals surface area (Å²) in [4.78, 5) is 16.9. The van der Waals surface area contributed by atoms with Gasteiger partial charge < -0.3 is 5.32 Å². The first-order valence-corrected chi connectivity index (χ1v) is 8.27. The van der Waals surface area contributed by atoms with Crippen molar-refractivity contribution in [3.05, 3.63) is 34.2 Å². The van der Waals surface area contributed by atoms with Gasteiger partial charge in [0.2, 0.25) is 0 Å². The molecule has 0 unspecified atom stereocenters. The molecule has 130 valence electrons. The van der Waals surface area contributed by atoms with Crippen LogP contribution in [0.2, 0.25) is 5.02 Å². The van der Waals surface area contributed by atoms with Gasteiger partial charge in [0.15, 0.2) is 5.65 Å². The number of hydrogen-bond acceptors (Lipinski definition) is 2. The number of aryl methyl sites for hydroxylation is 1. The SMILES string of the molecule is CCc1nc2c(Cl)cc(C(F)(F)F)cn2c1C(=O)NC1CCCC1. The number of nitrogens with one attached hydrogen (secondary N) is 1. The van der Waals surface area contributed by atoms with Crippen LogP contribution in [0.25, 0.3) is 5.65 Å². The van der Waals surface area contributed by atoms with Crippen LogP contribution in [0, 0.1) is 0 Å². The maximum Gasteiger partial charge on any atom is 0.417 e. The van der Waals surface area contributed by atoms with E-state index in [9.17, 15) is 18.0 Å². The van der Waals surface area contributed by atoms with Crippen LogP contribution in [0.5, 0.6) is 0 Å². The highest BCUT2D eigenvalue weighted by Gasteiger charge is 2.33. The largest absolute Gasteiger partial charge is 0.417 e. The number of aromatic nitrogens is 2. The molecule has 0 radical (unpaired) electrons. The number of fused-ring (bicyclic) bond motifs is 1. The molecule has 0 aliphatic heterocycles. The number of amides is 1. The number of nitrogens with zero attached hydrogens (tertiary/aromatic N) is 2. The van der Waals surface area contributed by atoms with Crippen LogP contribution >= 0.6 is 11.6 Å². The lowest BCUT2D eigenvalue weighted by Crippen LogP contribution is -2.34. The van der Waals surface area contributed by atoms with Gasteiger partial charge in [-0.25, -0.2) is 4.98 Å². The molecule has 0 atom stereocenters. The van der Waals surface area contributed by atoms with E-state index in [1.807, 2.05) is 0 Å². The third-order valence-corrected chi connectivity index (χ3v) is 4.59. The van der Waals surface area contributed by atoms with Gasteiger partial charge in [-0.3, -0.25) is 9.20 Å². The fourth-order valence-corrected chi connectivity index (χ4v) is 3.37. The zero-order valence-corrected chi connectivity index (χ0v) is 13.8. The number of hydrogen-bond donors (Lipinski definition) is 1. The highest BCUT2D eigenvalue weighted by atomic mass is 35.5. The molecular weight excluding hydrogens is 343 g/mol. The quantitative estimate of drug-likeness (QED) is 0.890. The Morgan fingerprint density at radius 1 is 1.42 bits per heavy atom. The zero-order valence-electron chi connectivity index (χ0n) is 13.1. The Kier molecular flexibility index (Phi) is 4.46. The smallest absolute Gasteiger partial charge is 0.348 e. The van der Waals surface area contributed by atoms with Crippen molar-refractivity contribution < 1.29 is 18.0 Å². The first-order chi connectivity index (χ1) is 11.3. The average Bonchev–Trinajstić information content (AvgIpc) is 3.12. The molecule has 2 heterocycles. The standard InChI is InChI=1S/C16H17ClF3N3O/c1-2-12-13(15(24)21-10-5-3-4-6-10)23-8-9(16(18,19)20)7-11(17)14(23)22-12/h7-8,10H,2-6H2,1H3,(H,21,24). The molecule has 2 aromatic heterocycles. The summed E-state index contributed by atoms with van der Waals surface area (Å²) in [6, 6.07) is 0.899. The monoisotopic (exact) mass is 359 g/mol. The molecule has 1 fully saturated rings. The van der Waals surface area contributed by atoms with Gasteiger partial charge in [0.05, 0.1) is 16.3 Å². The van der Waals surface area contributed by atoms with E-state index in [1.54, 1.807) is 6.92 Å². The number of imidazole rings is 1.